The second-order valence-electron chi connectivity index (χ2n) is 4.54. The number of methoxy groups -OCH3 is 1. The van der Waals surface area contributed by atoms with E-state index in [1.165, 1.54) is 10.9 Å². The molecule has 3 aromatic rings. The molecule has 1 aromatic heterocycles. The molecule has 0 aliphatic heterocycles. The van der Waals surface area contributed by atoms with Crippen LogP contribution in [-0.4, -0.2) is 27.3 Å². The highest BCUT2D eigenvalue weighted by atomic mass is 35.5. The molecule has 0 saturated heterocycles. The summed E-state index contributed by atoms with van der Waals surface area (Å²) in [5, 5.41) is 12.5. The molecule has 22 heavy (non-hydrogen) atoms. The summed E-state index contributed by atoms with van der Waals surface area (Å²) in [7, 11) is 1.57. The standard InChI is InChI=1S/C15H12ClFN4O/c1-22-14-8-3-2-5-10(14)15-18-20-21(19-15)9-11-12(16)6-4-7-13(11)17/h2-8H,9H2,1H3. The van der Waals surface area contributed by atoms with Crippen molar-refractivity contribution in [3.05, 3.63) is 58.9 Å². The maximum absolute atomic E-state index is 13.8. The molecule has 0 bridgehead atoms. The Kier molecular flexibility index (Phi) is 4.02. The van der Waals surface area contributed by atoms with Crippen LogP contribution >= 0.6 is 11.6 Å². The lowest BCUT2D eigenvalue weighted by molar-refractivity contribution is 0.416. The Morgan fingerprint density at radius 2 is 2.00 bits per heavy atom. The Hall–Kier alpha value is -2.47. The number of hydrogen-bond acceptors (Lipinski definition) is 4. The van der Waals surface area contributed by atoms with Gasteiger partial charge >= 0.3 is 0 Å². The average Bonchev–Trinajstić information content (AvgIpc) is 2.99. The molecule has 7 heteroatoms. The molecular weight excluding hydrogens is 307 g/mol. The molecule has 1 heterocycles. The summed E-state index contributed by atoms with van der Waals surface area (Å²) in [5.74, 6) is 0.652. The van der Waals surface area contributed by atoms with E-state index in [0.29, 0.717) is 22.2 Å². The Bertz CT molecular complexity index is 785. The first-order chi connectivity index (χ1) is 10.7. The van der Waals surface area contributed by atoms with E-state index in [4.69, 9.17) is 16.3 Å². The van der Waals surface area contributed by atoms with Crippen molar-refractivity contribution in [3.8, 4) is 17.1 Å². The van der Waals surface area contributed by atoms with Crippen LogP contribution in [0.25, 0.3) is 11.4 Å². The molecule has 112 valence electrons. The zero-order chi connectivity index (χ0) is 15.5. The fourth-order valence-corrected chi connectivity index (χ4v) is 2.29. The van der Waals surface area contributed by atoms with Crippen LogP contribution in [0.4, 0.5) is 4.39 Å². The summed E-state index contributed by atoms with van der Waals surface area (Å²) in [6.07, 6.45) is 0. The quantitative estimate of drug-likeness (QED) is 0.741. The van der Waals surface area contributed by atoms with Crippen LogP contribution in [0, 0.1) is 5.82 Å². The van der Waals surface area contributed by atoms with Crippen LogP contribution in [0.5, 0.6) is 5.75 Å². The largest absolute Gasteiger partial charge is 0.496 e. The smallest absolute Gasteiger partial charge is 0.208 e. The van der Waals surface area contributed by atoms with Gasteiger partial charge in [-0.1, -0.05) is 29.8 Å². The fourth-order valence-electron chi connectivity index (χ4n) is 2.07. The molecule has 0 saturated carbocycles. The van der Waals surface area contributed by atoms with Crippen molar-refractivity contribution < 1.29 is 9.13 Å². The second kappa shape index (κ2) is 6.11. The number of para-hydroxylation sites is 1. The summed E-state index contributed by atoms with van der Waals surface area (Å²) in [6, 6.07) is 11.9. The molecule has 0 N–H and O–H groups in total. The number of ether oxygens (including phenoxy) is 1. The fraction of sp³-hybridized carbons (Fsp3) is 0.133. The van der Waals surface area contributed by atoms with Crippen molar-refractivity contribution in [3.63, 3.8) is 0 Å². The average molecular weight is 319 g/mol. The molecule has 0 atom stereocenters. The molecule has 0 aliphatic rings. The first kappa shape index (κ1) is 14.5. The van der Waals surface area contributed by atoms with Crippen molar-refractivity contribution in [1.82, 2.24) is 20.2 Å². The molecule has 0 aliphatic carbocycles. The Balaban J connectivity index is 1.91. The van der Waals surface area contributed by atoms with Crippen molar-refractivity contribution in [2.75, 3.05) is 7.11 Å². The number of aromatic nitrogens is 4. The van der Waals surface area contributed by atoms with Crippen LogP contribution in [0.2, 0.25) is 5.02 Å². The van der Waals surface area contributed by atoms with Gasteiger partial charge in [0.2, 0.25) is 5.82 Å². The minimum Gasteiger partial charge on any atom is -0.496 e. The number of rotatable bonds is 4. The van der Waals surface area contributed by atoms with Crippen LogP contribution < -0.4 is 4.74 Å². The monoisotopic (exact) mass is 318 g/mol. The topological polar surface area (TPSA) is 52.8 Å². The van der Waals surface area contributed by atoms with Gasteiger partial charge in [0.25, 0.3) is 0 Å². The molecule has 5 nitrogen and oxygen atoms in total. The number of hydrogen-bond donors (Lipinski definition) is 0. The molecule has 3 rings (SSSR count). The molecule has 0 unspecified atom stereocenters. The number of tetrazole rings is 1. The van der Waals surface area contributed by atoms with Crippen LogP contribution in [0.1, 0.15) is 5.56 Å². The predicted molar refractivity (Wildman–Crippen MR) is 80.3 cm³/mol. The van der Waals surface area contributed by atoms with Gasteiger partial charge in [-0.05, 0) is 29.5 Å². The van der Waals surface area contributed by atoms with Gasteiger partial charge in [0.05, 0.1) is 19.2 Å². The highest BCUT2D eigenvalue weighted by molar-refractivity contribution is 6.31. The highest BCUT2D eigenvalue weighted by Crippen LogP contribution is 2.26. The first-order valence-electron chi connectivity index (χ1n) is 6.53. The molecule has 0 amide bonds. The predicted octanol–water partition coefficient (Wildman–Crippen LogP) is 3.19. The molecule has 0 fully saturated rings. The molecule has 0 spiro atoms. The summed E-state index contributed by atoms with van der Waals surface area (Å²) >= 11 is 6.00. The van der Waals surface area contributed by atoms with Crippen molar-refractivity contribution in [2.24, 2.45) is 0 Å². The van der Waals surface area contributed by atoms with Crippen LogP contribution in [-0.2, 0) is 6.54 Å². The van der Waals surface area contributed by atoms with Crippen molar-refractivity contribution >= 4 is 11.6 Å². The maximum Gasteiger partial charge on any atom is 0.208 e. The number of halogens is 2. The van der Waals surface area contributed by atoms with Gasteiger partial charge in [-0.15, -0.1) is 10.2 Å². The van der Waals surface area contributed by atoms with Gasteiger partial charge in [-0.25, -0.2) is 4.39 Å². The Morgan fingerprint density at radius 1 is 1.18 bits per heavy atom. The van der Waals surface area contributed by atoms with Crippen LogP contribution in [0.15, 0.2) is 42.5 Å². The third-order valence-corrected chi connectivity index (χ3v) is 3.52. The van der Waals surface area contributed by atoms with Gasteiger partial charge in [0, 0.05) is 10.6 Å². The highest BCUT2D eigenvalue weighted by Gasteiger charge is 2.13. The molecular formula is C15H12ClFN4O. The normalized spacial score (nSPS) is 10.7. The minimum absolute atomic E-state index is 0.105. The Labute approximate surface area is 131 Å². The van der Waals surface area contributed by atoms with E-state index in [-0.39, 0.29) is 6.54 Å². The molecule has 2 aromatic carbocycles. The van der Waals surface area contributed by atoms with E-state index < -0.39 is 5.82 Å². The van der Waals surface area contributed by atoms with Crippen LogP contribution in [0.3, 0.4) is 0 Å². The summed E-state index contributed by atoms with van der Waals surface area (Å²) in [6.45, 7) is 0.105. The van der Waals surface area contributed by atoms with E-state index in [0.717, 1.165) is 5.56 Å². The van der Waals surface area contributed by atoms with Crippen molar-refractivity contribution in [2.45, 2.75) is 6.54 Å². The lowest BCUT2D eigenvalue weighted by Gasteiger charge is -2.04. The summed E-state index contributed by atoms with van der Waals surface area (Å²) in [4.78, 5) is 1.30. The molecule has 0 radical (unpaired) electrons. The summed E-state index contributed by atoms with van der Waals surface area (Å²) < 4.78 is 19.1. The number of benzene rings is 2. The van der Waals surface area contributed by atoms with Gasteiger partial charge < -0.3 is 4.74 Å². The Morgan fingerprint density at radius 3 is 2.77 bits per heavy atom. The SMILES string of the molecule is COc1ccccc1-c1nnn(Cc2c(F)cccc2Cl)n1. The lowest BCUT2D eigenvalue weighted by Crippen LogP contribution is -2.06. The summed E-state index contributed by atoms with van der Waals surface area (Å²) in [5.41, 5.74) is 1.05. The van der Waals surface area contributed by atoms with Crippen molar-refractivity contribution in [1.29, 1.82) is 0 Å². The van der Waals surface area contributed by atoms with Gasteiger partial charge in [0.1, 0.15) is 11.6 Å². The van der Waals surface area contributed by atoms with E-state index in [2.05, 4.69) is 15.4 Å². The first-order valence-corrected chi connectivity index (χ1v) is 6.91. The third kappa shape index (κ3) is 2.78. The zero-order valence-corrected chi connectivity index (χ0v) is 12.5. The maximum atomic E-state index is 13.8. The number of nitrogens with zero attached hydrogens (tertiary/aromatic N) is 4. The third-order valence-electron chi connectivity index (χ3n) is 3.16. The van der Waals surface area contributed by atoms with E-state index in [1.54, 1.807) is 19.2 Å². The zero-order valence-electron chi connectivity index (χ0n) is 11.7. The lowest BCUT2D eigenvalue weighted by atomic mass is 10.2. The van der Waals surface area contributed by atoms with E-state index >= 15 is 0 Å². The van der Waals surface area contributed by atoms with Gasteiger partial charge in [-0.2, -0.15) is 4.80 Å². The minimum atomic E-state index is -0.399. The van der Waals surface area contributed by atoms with Gasteiger partial charge in [0.15, 0.2) is 0 Å². The van der Waals surface area contributed by atoms with E-state index in [9.17, 15) is 4.39 Å². The van der Waals surface area contributed by atoms with Gasteiger partial charge in [-0.3, -0.25) is 0 Å². The second-order valence-corrected chi connectivity index (χ2v) is 4.95. The van der Waals surface area contributed by atoms with E-state index in [1.807, 2.05) is 24.3 Å².